The van der Waals surface area contributed by atoms with Gasteiger partial charge in [0, 0.05) is 29.7 Å². The van der Waals surface area contributed by atoms with Crippen LogP contribution in [0.3, 0.4) is 0 Å². The van der Waals surface area contributed by atoms with Crippen LogP contribution in [0, 0.1) is 0 Å². The fraction of sp³-hybridized carbons (Fsp3) is 0.500. The van der Waals surface area contributed by atoms with Crippen molar-refractivity contribution in [3.8, 4) is 0 Å². The maximum Gasteiger partial charge on any atom is 0.308 e. The molecule has 1 fully saturated rings. The number of carbonyl (C=O) groups is 3. The van der Waals surface area contributed by atoms with Crippen LogP contribution in [0.1, 0.15) is 43.0 Å². The Hall–Kier alpha value is -2.08. The van der Waals surface area contributed by atoms with Crippen molar-refractivity contribution in [1.29, 1.82) is 0 Å². The Balaban J connectivity index is 1.66. The van der Waals surface area contributed by atoms with Crippen molar-refractivity contribution in [3.63, 3.8) is 0 Å². The zero-order valence-electron chi connectivity index (χ0n) is 14.3. The summed E-state index contributed by atoms with van der Waals surface area (Å²) >= 11 is 5.76. The number of halogens is 1. The van der Waals surface area contributed by atoms with E-state index in [4.69, 9.17) is 16.3 Å². The molecule has 1 aliphatic rings. The largest absolute Gasteiger partial charge is 0.456 e. The molecule has 0 bridgehead atoms. The Bertz CT molecular complexity index is 618. The first-order valence-corrected chi connectivity index (χ1v) is 8.84. The molecule has 0 aliphatic carbocycles. The molecule has 1 atom stereocenters. The van der Waals surface area contributed by atoms with Crippen molar-refractivity contribution in [2.24, 2.45) is 0 Å². The highest BCUT2D eigenvalue weighted by Gasteiger charge is 2.23. The topological polar surface area (TPSA) is 75.7 Å². The summed E-state index contributed by atoms with van der Waals surface area (Å²) in [6.07, 6.45) is 3.11. The summed E-state index contributed by atoms with van der Waals surface area (Å²) in [5.41, 5.74) is 0.465. The van der Waals surface area contributed by atoms with Gasteiger partial charge in [-0.1, -0.05) is 11.6 Å². The average molecular weight is 367 g/mol. The Morgan fingerprint density at radius 1 is 1.24 bits per heavy atom. The van der Waals surface area contributed by atoms with Crippen LogP contribution in [0.25, 0.3) is 0 Å². The highest BCUT2D eigenvalue weighted by Crippen LogP contribution is 2.16. The van der Waals surface area contributed by atoms with E-state index in [2.05, 4.69) is 5.32 Å². The van der Waals surface area contributed by atoms with Gasteiger partial charge in [0.2, 0.25) is 0 Å². The summed E-state index contributed by atoms with van der Waals surface area (Å²) in [7, 11) is 0. The third kappa shape index (κ3) is 6.05. The second kappa shape index (κ2) is 9.42. The number of hydrogen-bond acceptors (Lipinski definition) is 4. The Labute approximate surface area is 152 Å². The maximum atomic E-state index is 12.1. The SMILES string of the molecule is C[C@H]1CCCCN1C(=O)COC(=O)CCNC(=O)c1ccc(Cl)cc1. The molecule has 1 saturated heterocycles. The Morgan fingerprint density at radius 2 is 1.96 bits per heavy atom. The number of piperidine rings is 1. The molecule has 1 heterocycles. The third-order valence-corrected chi connectivity index (χ3v) is 4.45. The predicted octanol–water partition coefficient (Wildman–Crippen LogP) is 2.40. The predicted molar refractivity (Wildman–Crippen MR) is 94.4 cm³/mol. The molecule has 0 saturated carbocycles. The molecule has 0 spiro atoms. The lowest BCUT2D eigenvalue weighted by Crippen LogP contribution is -2.44. The van der Waals surface area contributed by atoms with Crippen molar-refractivity contribution in [2.45, 2.75) is 38.6 Å². The fourth-order valence-electron chi connectivity index (χ4n) is 2.75. The molecule has 1 N–H and O–H groups in total. The number of benzene rings is 1. The van der Waals surface area contributed by atoms with Gasteiger partial charge in [-0.15, -0.1) is 0 Å². The van der Waals surface area contributed by atoms with Crippen LogP contribution in [0.15, 0.2) is 24.3 Å². The number of hydrogen-bond donors (Lipinski definition) is 1. The molecule has 1 aromatic rings. The van der Waals surface area contributed by atoms with Crippen molar-refractivity contribution in [2.75, 3.05) is 19.7 Å². The van der Waals surface area contributed by atoms with Gasteiger partial charge < -0.3 is 15.0 Å². The third-order valence-electron chi connectivity index (χ3n) is 4.20. The Kier molecular flexibility index (Phi) is 7.25. The van der Waals surface area contributed by atoms with Crippen LogP contribution in [0.2, 0.25) is 5.02 Å². The zero-order chi connectivity index (χ0) is 18.2. The highest BCUT2D eigenvalue weighted by molar-refractivity contribution is 6.30. The molecule has 0 unspecified atom stereocenters. The van der Waals surface area contributed by atoms with Gasteiger partial charge in [-0.25, -0.2) is 0 Å². The first kappa shape index (κ1) is 19.2. The number of ether oxygens (including phenoxy) is 1. The smallest absolute Gasteiger partial charge is 0.308 e. The van der Waals surface area contributed by atoms with Gasteiger partial charge >= 0.3 is 5.97 Å². The lowest BCUT2D eigenvalue weighted by atomic mass is 10.0. The number of amides is 2. The molecule has 0 radical (unpaired) electrons. The molecule has 0 aromatic heterocycles. The van der Waals surface area contributed by atoms with Crippen LogP contribution in [0.4, 0.5) is 0 Å². The summed E-state index contributed by atoms with van der Waals surface area (Å²) in [5.74, 6) is -0.956. The van der Waals surface area contributed by atoms with Gasteiger partial charge in [-0.05, 0) is 50.5 Å². The lowest BCUT2D eigenvalue weighted by Gasteiger charge is -2.33. The molecule has 25 heavy (non-hydrogen) atoms. The summed E-state index contributed by atoms with van der Waals surface area (Å²) < 4.78 is 5.01. The molecule has 136 valence electrons. The lowest BCUT2D eigenvalue weighted by molar-refractivity contribution is -0.153. The molecular weight excluding hydrogens is 344 g/mol. The van der Waals surface area contributed by atoms with Crippen molar-refractivity contribution < 1.29 is 19.1 Å². The standard InChI is InChI=1S/C18H23ClN2O4/c1-13-4-2-3-11-21(13)16(22)12-25-17(23)9-10-20-18(24)14-5-7-15(19)8-6-14/h5-8,13H,2-4,9-12H2,1H3,(H,20,24)/t13-/m0/s1. The van der Waals surface area contributed by atoms with Crippen LogP contribution in [0.5, 0.6) is 0 Å². The minimum atomic E-state index is -0.505. The quantitative estimate of drug-likeness (QED) is 0.784. The molecule has 1 aromatic carbocycles. The fourth-order valence-corrected chi connectivity index (χ4v) is 2.87. The summed E-state index contributed by atoms with van der Waals surface area (Å²) in [5, 5.41) is 3.18. The van der Waals surface area contributed by atoms with E-state index in [9.17, 15) is 14.4 Å². The molecule has 2 amide bonds. The van der Waals surface area contributed by atoms with E-state index >= 15 is 0 Å². The molecular formula is C18H23ClN2O4. The molecule has 6 nitrogen and oxygen atoms in total. The van der Waals surface area contributed by atoms with E-state index in [1.165, 1.54) is 0 Å². The second-order valence-electron chi connectivity index (χ2n) is 6.11. The number of rotatable bonds is 6. The van der Waals surface area contributed by atoms with Crippen LogP contribution < -0.4 is 5.32 Å². The van der Waals surface area contributed by atoms with E-state index in [1.54, 1.807) is 29.2 Å². The van der Waals surface area contributed by atoms with E-state index in [0.717, 1.165) is 19.3 Å². The van der Waals surface area contributed by atoms with Crippen LogP contribution in [-0.4, -0.2) is 48.4 Å². The maximum absolute atomic E-state index is 12.1. The zero-order valence-corrected chi connectivity index (χ0v) is 15.1. The van der Waals surface area contributed by atoms with Gasteiger partial charge in [0.1, 0.15) is 0 Å². The Morgan fingerprint density at radius 3 is 2.64 bits per heavy atom. The number of esters is 1. The van der Waals surface area contributed by atoms with E-state index in [-0.39, 0.29) is 37.4 Å². The molecule has 7 heteroatoms. The molecule has 2 rings (SSSR count). The van der Waals surface area contributed by atoms with Gasteiger partial charge in [-0.2, -0.15) is 0 Å². The summed E-state index contributed by atoms with van der Waals surface area (Å²) in [6.45, 7) is 2.63. The first-order chi connectivity index (χ1) is 12.0. The molecule has 1 aliphatic heterocycles. The van der Waals surface area contributed by atoms with E-state index < -0.39 is 5.97 Å². The van der Waals surface area contributed by atoms with E-state index in [0.29, 0.717) is 17.1 Å². The number of carbonyl (C=O) groups excluding carboxylic acids is 3. The number of nitrogens with one attached hydrogen (secondary N) is 1. The van der Waals surface area contributed by atoms with Gasteiger partial charge in [-0.3, -0.25) is 14.4 Å². The van der Waals surface area contributed by atoms with Crippen molar-refractivity contribution >= 4 is 29.4 Å². The number of nitrogens with zero attached hydrogens (tertiary/aromatic N) is 1. The van der Waals surface area contributed by atoms with E-state index in [1.807, 2.05) is 6.92 Å². The van der Waals surface area contributed by atoms with Gasteiger partial charge in [0.15, 0.2) is 6.61 Å². The van der Waals surface area contributed by atoms with Crippen molar-refractivity contribution in [1.82, 2.24) is 10.2 Å². The average Bonchev–Trinajstić information content (AvgIpc) is 2.60. The minimum Gasteiger partial charge on any atom is -0.456 e. The normalized spacial score (nSPS) is 17.0. The van der Waals surface area contributed by atoms with Crippen LogP contribution >= 0.6 is 11.6 Å². The second-order valence-corrected chi connectivity index (χ2v) is 6.54. The highest BCUT2D eigenvalue weighted by atomic mass is 35.5. The minimum absolute atomic E-state index is 0.0160. The van der Waals surface area contributed by atoms with Crippen molar-refractivity contribution in [3.05, 3.63) is 34.9 Å². The van der Waals surface area contributed by atoms with Gasteiger partial charge in [0.05, 0.1) is 6.42 Å². The van der Waals surface area contributed by atoms with Crippen LogP contribution in [-0.2, 0) is 14.3 Å². The first-order valence-electron chi connectivity index (χ1n) is 8.46. The summed E-state index contributed by atoms with van der Waals surface area (Å²) in [4.78, 5) is 37.4. The van der Waals surface area contributed by atoms with Gasteiger partial charge in [0.25, 0.3) is 11.8 Å². The summed E-state index contributed by atoms with van der Waals surface area (Å²) in [6, 6.07) is 6.65. The number of likely N-dealkylation sites (tertiary alicyclic amines) is 1. The monoisotopic (exact) mass is 366 g/mol.